The predicted molar refractivity (Wildman–Crippen MR) is 135 cm³/mol. The Labute approximate surface area is 210 Å². The van der Waals surface area contributed by atoms with Crippen molar-refractivity contribution in [3.63, 3.8) is 0 Å². The van der Waals surface area contributed by atoms with Crippen LogP contribution in [0.15, 0.2) is 22.8 Å². The Morgan fingerprint density at radius 3 is 2.40 bits per heavy atom. The zero-order valence-corrected chi connectivity index (χ0v) is 22.6. The van der Waals surface area contributed by atoms with Crippen LogP contribution in [0.3, 0.4) is 0 Å². The largest absolute Gasteiger partial charge is 0.392 e. The Bertz CT molecular complexity index is 1000. The fraction of sp³-hybridized carbons (Fsp3) is 0.767. The summed E-state index contributed by atoms with van der Waals surface area (Å²) in [6.45, 7) is 14.3. The molecule has 0 aliphatic heterocycles. The number of aliphatic hydroxyl groups excluding tert-OH is 2. The van der Waals surface area contributed by atoms with E-state index in [0.29, 0.717) is 32.1 Å². The second-order valence-corrected chi connectivity index (χ2v) is 13.4. The minimum Gasteiger partial charge on any atom is -0.392 e. The number of allylic oxidation sites excluding steroid dienone is 3. The standard InChI is InChI=1S/C30H44O5/c1-17(16-31)9-8-10-18(2)19-13-24(35)30(7)26-20(32)14-22-27(3,4)23(34)11-12-28(22,5)25(26)21(33)15-29(19,30)6/h9,16,18-20,22,24,32,35H,8,10-15H2,1-7H3. The van der Waals surface area contributed by atoms with E-state index in [2.05, 4.69) is 27.7 Å². The van der Waals surface area contributed by atoms with Crippen molar-refractivity contribution in [3.05, 3.63) is 22.8 Å². The molecule has 8 unspecified atom stereocenters. The second kappa shape index (κ2) is 8.48. The highest BCUT2D eigenvalue weighted by molar-refractivity contribution is 6.01. The van der Waals surface area contributed by atoms with Gasteiger partial charge in [0.05, 0.1) is 12.2 Å². The van der Waals surface area contributed by atoms with Crippen LogP contribution in [-0.2, 0) is 14.4 Å². The average molecular weight is 485 g/mol. The molecule has 0 aromatic carbocycles. The number of carbonyl (C=O) groups excluding carboxylic acids is 3. The lowest BCUT2D eigenvalue weighted by atomic mass is 9.42. The van der Waals surface area contributed by atoms with Gasteiger partial charge in [0.2, 0.25) is 0 Å². The molecule has 8 atom stereocenters. The Morgan fingerprint density at radius 2 is 1.77 bits per heavy atom. The zero-order valence-electron chi connectivity index (χ0n) is 22.6. The SMILES string of the molecule is CC(C=O)=CCCC(C)C1CC(O)C2(C)C3=C(C(=O)CC12C)C1(C)CCC(=O)C(C)(C)C1CC3O. The van der Waals surface area contributed by atoms with Crippen molar-refractivity contribution >= 4 is 17.9 Å². The van der Waals surface area contributed by atoms with Crippen molar-refractivity contribution in [1.82, 2.24) is 0 Å². The summed E-state index contributed by atoms with van der Waals surface area (Å²) in [5, 5.41) is 23.2. The average Bonchev–Trinajstić information content (AvgIpc) is 2.99. The van der Waals surface area contributed by atoms with Gasteiger partial charge in [0.25, 0.3) is 0 Å². The molecule has 0 aromatic rings. The van der Waals surface area contributed by atoms with Gasteiger partial charge in [-0.15, -0.1) is 0 Å². The van der Waals surface area contributed by atoms with Gasteiger partial charge in [-0.25, -0.2) is 0 Å². The maximum atomic E-state index is 14.0. The van der Waals surface area contributed by atoms with E-state index in [0.717, 1.165) is 35.8 Å². The van der Waals surface area contributed by atoms with E-state index in [1.54, 1.807) is 0 Å². The lowest BCUT2D eigenvalue weighted by Gasteiger charge is -2.61. The summed E-state index contributed by atoms with van der Waals surface area (Å²) in [5.41, 5.74) is 0.000943. The van der Waals surface area contributed by atoms with Gasteiger partial charge in [0.1, 0.15) is 12.1 Å². The van der Waals surface area contributed by atoms with Crippen LogP contribution in [0.4, 0.5) is 0 Å². The lowest BCUT2D eigenvalue weighted by Crippen LogP contribution is -2.60. The van der Waals surface area contributed by atoms with Crippen LogP contribution in [-0.4, -0.2) is 40.3 Å². The number of Topliss-reactive ketones (excluding diaryl/α,β-unsaturated/α-hetero) is 2. The molecule has 0 saturated heterocycles. The number of carbonyl (C=O) groups is 3. The van der Waals surface area contributed by atoms with Gasteiger partial charge in [-0.1, -0.05) is 47.6 Å². The highest BCUT2D eigenvalue weighted by Crippen LogP contribution is 2.71. The Kier molecular flexibility index (Phi) is 6.41. The molecule has 5 heteroatoms. The summed E-state index contributed by atoms with van der Waals surface area (Å²) in [7, 11) is 0. The first kappa shape index (κ1) is 26.5. The van der Waals surface area contributed by atoms with Crippen molar-refractivity contribution in [1.29, 1.82) is 0 Å². The van der Waals surface area contributed by atoms with Crippen LogP contribution in [0, 0.1) is 39.4 Å². The number of aldehydes is 1. The van der Waals surface area contributed by atoms with Gasteiger partial charge in [0, 0.05) is 34.7 Å². The first-order valence-corrected chi connectivity index (χ1v) is 13.5. The summed E-state index contributed by atoms with van der Waals surface area (Å²) in [4.78, 5) is 37.8. The number of hydrogen-bond acceptors (Lipinski definition) is 5. The Hall–Kier alpha value is -1.59. The molecule has 4 rings (SSSR count). The van der Waals surface area contributed by atoms with E-state index >= 15 is 0 Å². The van der Waals surface area contributed by atoms with Crippen molar-refractivity contribution in [2.45, 2.75) is 106 Å². The third kappa shape index (κ3) is 3.51. The molecule has 4 aliphatic carbocycles. The van der Waals surface area contributed by atoms with Gasteiger partial charge >= 0.3 is 0 Å². The van der Waals surface area contributed by atoms with Crippen molar-refractivity contribution in [3.8, 4) is 0 Å². The van der Waals surface area contributed by atoms with Crippen LogP contribution >= 0.6 is 0 Å². The van der Waals surface area contributed by atoms with Gasteiger partial charge in [-0.05, 0) is 73.3 Å². The topological polar surface area (TPSA) is 91.7 Å². The number of aliphatic hydroxyl groups is 2. The third-order valence-corrected chi connectivity index (χ3v) is 11.3. The fourth-order valence-corrected chi connectivity index (χ4v) is 9.01. The second-order valence-electron chi connectivity index (χ2n) is 13.4. The smallest absolute Gasteiger partial charge is 0.160 e. The van der Waals surface area contributed by atoms with Crippen molar-refractivity contribution in [2.24, 2.45) is 39.4 Å². The molecule has 2 saturated carbocycles. The molecule has 2 fully saturated rings. The zero-order chi connectivity index (χ0) is 26.1. The molecule has 2 N–H and O–H groups in total. The van der Waals surface area contributed by atoms with Crippen molar-refractivity contribution in [2.75, 3.05) is 0 Å². The number of ketones is 2. The van der Waals surface area contributed by atoms with E-state index in [-0.39, 0.29) is 29.3 Å². The lowest BCUT2D eigenvalue weighted by molar-refractivity contribution is -0.146. The normalized spacial score (nSPS) is 44.0. The molecule has 194 valence electrons. The van der Waals surface area contributed by atoms with E-state index < -0.39 is 33.9 Å². The molecule has 0 aromatic heterocycles. The first-order valence-electron chi connectivity index (χ1n) is 13.5. The summed E-state index contributed by atoms with van der Waals surface area (Å²) in [5.74, 6) is 0.608. The monoisotopic (exact) mass is 484 g/mol. The highest BCUT2D eigenvalue weighted by atomic mass is 16.3. The maximum absolute atomic E-state index is 14.0. The maximum Gasteiger partial charge on any atom is 0.160 e. The first-order chi connectivity index (χ1) is 16.2. The molecule has 0 spiro atoms. The summed E-state index contributed by atoms with van der Waals surface area (Å²) >= 11 is 0. The van der Waals surface area contributed by atoms with Crippen LogP contribution in [0.1, 0.15) is 93.4 Å². The van der Waals surface area contributed by atoms with Crippen molar-refractivity contribution < 1.29 is 24.6 Å². The predicted octanol–water partition coefficient (Wildman–Crippen LogP) is 4.99. The van der Waals surface area contributed by atoms with E-state index in [1.165, 1.54) is 0 Å². The van der Waals surface area contributed by atoms with Crippen LogP contribution in [0.5, 0.6) is 0 Å². The van der Waals surface area contributed by atoms with Gasteiger partial charge in [-0.2, -0.15) is 0 Å². The minimum absolute atomic E-state index is 0.0944. The Morgan fingerprint density at radius 1 is 1.11 bits per heavy atom. The fourth-order valence-electron chi connectivity index (χ4n) is 9.01. The molecule has 0 bridgehead atoms. The van der Waals surface area contributed by atoms with E-state index in [4.69, 9.17) is 0 Å². The molecule has 5 nitrogen and oxygen atoms in total. The molecule has 0 radical (unpaired) electrons. The van der Waals surface area contributed by atoms with E-state index in [1.807, 2.05) is 26.8 Å². The van der Waals surface area contributed by atoms with Crippen LogP contribution in [0.25, 0.3) is 0 Å². The summed E-state index contributed by atoms with van der Waals surface area (Å²) in [6, 6.07) is 0. The number of hydrogen-bond donors (Lipinski definition) is 2. The van der Waals surface area contributed by atoms with Gasteiger partial charge < -0.3 is 10.2 Å². The number of fused-ring (bicyclic) bond motifs is 4. The number of rotatable bonds is 5. The molecular formula is C30H44O5. The van der Waals surface area contributed by atoms with Gasteiger partial charge in [0.15, 0.2) is 5.78 Å². The summed E-state index contributed by atoms with van der Waals surface area (Å²) < 4.78 is 0. The van der Waals surface area contributed by atoms with E-state index in [9.17, 15) is 24.6 Å². The van der Waals surface area contributed by atoms with Crippen LogP contribution < -0.4 is 0 Å². The Balaban J connectivity index is 1.78. The summed E-state index contributed by atoms with van der Waals surface area (Å²) in [6.07, 6.45) is 5.53. The molecule has 4 aliphatic rings. The molecule has 0 heterocycles. The highest BCUT2D eigenvalue weighted by Gasteiger charge is 2.69. The minimum atomic E-state index is -0.830. The quantitative estimate of drug-likeness (QED) is 0.424. The van der Waals surface area contributed by atoms with Crippen LogP contribution in [0.2, 0.25) is 0 Å². The molecular weight excluding hydrogens is 440 g/mol. The molecule has 35 heavy (non-hydrogen) atoms. The van der Waals surface area contributed by atoms with Gasteiger partial charge in [-0.3, -0.25) is 14.4 Å². The third-order valence-electron chi connectivity index (χ3n) is 11.3. The molecule has 0 amide bonds.